The zero-order valence-electron chi connectivity index (χ0n) is 16.8. The van der Waals surface area contributed by atoms with Gasteiger partial charge in [-0.2, -0.15) is 0 Å². The van der Waals surface area contributed by atoms with Crippen LogP contribution in [0.3, 0.4) is 0 Å². The number of benzene rings is 1. The van der Waals surface area contributed by atoms with Gasteiger partial charge in [-0.1, -0.05) is 23.4 Å². The van der Waals surface area contributed by atoms with Crippen LogP contribution < -0.4 is 0 Å². The van der Waals surface area contributed by atoms with Crippen molar-refractivity contribution in [3.05, 3.63) is 63.8 Å². The van der Waals surface area contributed by atoms with Crippen LogP contribution in [0.5, 0.6) is 0 Å². The summed E-state index contributed by atoms with van der Waals surface area (Å²) in [4.78, 5) is 19.0. The molecule has 1 amide bonds. The molecule has 1 saturated heterocycles. The number of halogens is 1. The molecule has 5 rings (SSSR count). The molecule has 11 heteroatoms. The second kappa shape index (κ2) is 9.45. The van der Waals surface area contributed by atoms with E-state index in [1.54, 1.807) is 11.2 Å². The Morgan fingerprint density at radius 3 is 2.72 bits per heavy atom. The topological polar surface area (TPSA) is 86.3 Å². The maximum atomic E-state index is 12.6. The summed E-state index contributed by atoms with van der Waals surface area (Å²) in [6, 6.07) is 11.1. The fourth-order valence-corrected chi connectivity index (χ4v) is 5.15. The predicted octanol–water partition coefficient (Wildman–Crippen LogP) is 4.40. The molecule has 0 radical (unpaired) electrons. The number of aromatic nitrogens is 4. The average Bonchev–Trinajstić information content (AvgIpc) is 3.59. The summed E-state index contributed by atoms with van der Waals surface area (Å²) in [5.41, 5.74) is 1.35. The van der Waals surface area contributed by atoms with Crippen molar-refractivity contribution >= 4 is 40.6 Å². The van der Waals surface area contributed by atoms with E-state index in [4.69, 9.17) is 20.8 Å². The average molecular weight is 488 g/mol. The van der Waals surface area contributed by atoms with Gasteiger partial charge < -0.3 is 14.1 Å². The first-order valence-electron chi connectivity index (χ1n) is 9.88. The molecule has 164 valence electrons. The number of furan rings is 1. The van der Waals surface area contributed by atoms with Crippen molar-refractivity contribution < 1.29 is 13.9 Å². The minimum atomic E-state index is -0.0507. The summed E-state index contributed by atoms with van der Waals surface area (Å²) in [6.45, 7) is 2.33. The molecule has 8 nitrogen and oxygen atoms in total. The van der Waals surface area contributed by atoms with E-state index in [0.717, 1.165) is 10.7 Å². The first kappa shape index (κ1) is 21.2. The molecule has 0 atom stereocenters. The largest absolute Gasteiger partial charge is 0.461 e. The molecule has 0 bridgehead atoms. The molecular weight excluding hydrogens is 470 g/mol. The molecule has 1 fully saturated rings. The Labute approximate surface area is 197 Å². The molecule has 0 unspecified atom stereocenters. The van der Waals surface area contributed by atoms with Gasteiger partial charge in [0, 0.05) is 29.2 Å². The van der Waals surface area contributed by atoms with Gasteiger partial charge in [-0.05, 0) is 36.4 Å². The number of amides is 1. The number of carbonyl (C=O) groups is 1. The lowest BCUT2D eigenvalue weighted by molar-refractivity contribution is 0.0299. The number of hydrogen-bond donors (Lipinski definition) is 0. The molecule has 3 aromatic heterocycles. The maximum absolute atomic E-state index is 12.6. The molecule has 0 N–H and O–H groups in total. The van der Waals surface area contributed by atoms with Gasteiger partial charge in [0.15, 0.2) is 10.9 Å². The third kappa shape index (κ3) is 4.44. The SMILES string of the molecule is O=C(c1csc(CSc2nnc(-c3ccco3)n2-c2ccc(Cl)cc2)n1)N1CCOCC1. The van der Waals surface area contributed by atoms with E-state index < -0.39 is 0 Å². The molecule has 0 aliphatic carbocycles. The Morgan fingerprint density at radius 1 is 1.16 bits per heavy atom. The Kier molecular flexibility index (Phi) is 6.26. The second-order valence-corrected chi connectivity index (χ2v) is 9.24. The van der Waals surface area contributed by atoms with Gasteiger partial charge in [-0.25, -0.2) is 4.98 Å². The van der Waals surface area contributed by atoms with Gasteiger partial charge >= 0.3 is 0 Å². The molecule has 0 spiro atoms. The van der Waals surface area contributed by atoms with Gasteiger partial charge in [0.25, 0.3) is 5.91 Å². The van der Waals surface area contributed by atoms with E-state index in [9.17, 15) is 4.79 Å². The lowest BCUT2D eigenvalue weighted by Gasteiger charge is -2.25. The van der Waals surface area contributed by atoms with Crippen molar-refractivity contribution in [2.45, 2.75) is 10.9 Å². The van der Waals surface area contributed by atoms with Crippen molar-refractivity contribution in [2.75, 3.05) is 26.3 Å². The summed E-state index contributed by atoms with van der Waals surface area (Å²) >= 11 is 9.03. The number of carbonyl (C=O) groups excluding carboxylic acids is 1. The van der Waals surface area contributed by atoms with Gasteiger partial charge in [-0.3, -0.25) is 9.36 Å². The van der Waals surface area contributed by atoms with Crippen LogP contribution in [0.15, 0.2) is 57.6 Å². The number of morpholine rings is 1. The Balaban J connectivity index is 1.36. The summed E-state index contributed by atoms with van der Waals surface area (Å²) in [5, 5.41) is 12.7. The van der Waals surface area contributed by atoms with Crippen molar-refractivity contribution in [1.82, 2.24) is 24.6 Å². The molecule has 4 aromatic rings. The zero-order valence-corrected chi connectivity index (χ0v) is 19.2. The van der Waals surface area contributed by atoms with Crippen molar-refractivity contribution in [1.29, 1.82) is 0 Å². The molecule has 4 heterocycles. The Bertz CT molecular complexity index is 1200. The van der Waals surface area contributed by atoms with Crippen LogP contribution in [0.4, 0.5) is 0 Å². The van der Waals surface area contributed by atoms with Crippen molar-refractivity contribution in [3.8, 4) is 17.3 Å². The van der Waals surface area contributed by atoms with Gasteiger partial charge in [0.1, 0.15) is 10.7 Å². The Morgan fingerprint density at radius 2 is 1.97 bits per heavy atom. The highest BCUT2D eigenvalue weighted by atomic mass is 35.5. The number of ether oxygens (including phenoxy) is 1. The molecule has 1 aliphatic heterocycles. The number of hydrogen-bond acceptors (Lipinski definition) is 8. The molecule has 1 aromatic carbocycles. The molecule has 0 saturated carbocycles. The summed E-state index contributed by atoms with van der Waals surface area (Å²) in [6.07, 6.45) is 1.60. The van der Waals surface area contributed by atoms with Crippen LogP contribution in [-0.4, -0.2) is 56.9 Å². The smallest absolute Gasteiger partial charge is 0.273 e. The highest BCUT2D eigenvalue weighted by Gasteiger charge is 2.22. The van der Waals surface area contributed by atoms with Crippen LogP contribution in [0.1, 0.15) is 15.5 Å². The first-order chi connectivity index (χ1) is 15.7. The van der Waals surface area contributed by atoms with Gasteiger partial charge in [-0.15, -0.1) is 21.5 Å². The minimum Gasteiger partial charge on any atom is -0.461 e. The summed E-state index contributed by atoms with van der Waals surface area (Å²) < 4.78 is 12.8. The second-order valence-electron chi connectivity index (χ2n) is 6.92. The minimum absolute atomic E-state index is 0.0507. The highest BCUT2D eigenvalue weighted by molar-refractivity contribution is 7.98. The summed E-state index contributed by atoms with van der Waals surface area (Å²) in [7, 11) is 0. The van der Waals surface area contributed by atoms with Crippen LogP contribution >= 0.6 is 34.7 Å². The fraction of sp³-hybridized carbons (Fsp3) is 0.238. The van der Waals surface area contributed by atoms with E-state index in [0.29, 0.717) is 59.5 Å². The van der Waals surface area contributed by atoms with E-state index in [-0.39, 0.29) is 5.91 Å². The van der Waals surface area contributed by atoms with Crippen LogP contribution in [0.25, 0.3) is 17.3 Å². The van der Waals surface area contributed by atoms with Crippen LogP contribution in [0, 0.1) is 0 Å². The Hall–Kier alpha value is -2.66. The normalized spacial score (nSPS) is 14.1. The van der Waals surface area contributed by atoms with Crippen LogP contribution in [0.2, 0.25) is 5.02 Å². The molecular formula is C21H18ClN5O3S2. The number of nitrogens with zero attached hydrogens (tertiary/aromatic N) is 5. The maximum Gasteiger partial charge on any atom is 0.273 e. The van der Waals surface area contributed by atoms with Gasteiger partial charge in [0.2, 0.25) is 5.82 Å². The highest BCUT2D eigenvalue weighted by Crippen LogP contribution is 2.31. The number of rotatable bonds is 6. The third-order valence-electron chi connectivity index (χ3n) is 4.85. The van der Waals surface area contributed by atoms with E-state index in [1.165, 1.54) is 23.1 Å². The third-order valence-corrected chi connectivity index (χ3v) is 7.08. The lowest BCUT2D eigenvalue weighted by Crippen LogP contribution is -2.40. The van der Waals surface area contributed by atoms with E-state index in [1.807, 2.05) is 46.3 Å². The summed E-state index contributed by atoms with van der Waals surface area (Å²) in [5.74, 6) is 1.73. The predicted molar refractivity (Wildman–Crippen MR) is 122 cm³/mol. The van der Waals surface area contributed by atoms with Crippen molar-refractivity contribution in [3.63, 3.8) is 0 Å². The van der Waals surface area contributed by atoms with Crippen LogP contribution in [-0.2, 0) is 10.5 Å². The zero-order chi connectivity index (χ0) is 21.9. The monoisotopic (exact) mass is 487 g/mol. The standard InChI is InChI=1S/C21H18ClN5O3S2/c22-14-3-5-15(6-4-14)27-19(17-2-1-9-30-17)24-25-21(27)32-13-18-23-16(12-31-18)20(28)26-7-10-29-11-8-26/h1-6,9,12H,7-8,10-11,13H2. The quantitative estimate of drug-likeness (QED) is 0.372. The van der Waals surface area contributed by atoms with E-state index >= 15 is 0 Å². The first-order valence-corrected chi connectivity index (χ1v) is 12.1. The fourth-order valence-electron chi connectivity index (χ4n) is 3.28. The van der Waals surface area contributed by atoms with Crippen molar-refractivity contribution in [2.24, 2.45) is 0 Å². The molecule has 1 aliphatic rings. The lowest BCUT2D eigenvalue weighted by atomic mass is 10.3. The molecule has 32 heavy (non-hydrogen) atoms. The van der Waals surface area contributed by atoms with E-state index in [2.05, 4.69) is 15.2 Å². The van der Waals surface area contributed by atoms with Gasteiger partial charge in [0.05, 0.1) is 25.2 Å². The number of thioether (sulfide) groups is 1. The number of thiazole rings is 1.